The Morgan fingerprint density at radius 3 is 2.87 bits per heavy atom. The SMILES string of the molecule is CC(=CC(O)CCc1ccccc1)C1C(C)CC2OC(=O)CC21. The normalized spacial score (nSPS) is 31.8. The molecule has 1 aromatic rings. The minimum Gasteiger partial charge on any atom is -0.462 e. The van der Waals surface area contributed by atoms with E-state index in [0.29, 0.717) is 24.2 Å². The lowest BCUT2D eigenvalue weighted by atomic mass is 9.82. The number of aryl methyl sites for hydroxylation is 1. The van der Waals surface area contributed by atoms with E-state index in [2.05, 4.69) is 26.0 Å². The van der Waals surface area contributed by atoms with Gasteiger partial charge in [-0.2, -0.15) is 0 Å². The van der Waals surface area contributed by atoms with Gasteiger partial charge >= 0.3 is 5.97 Å². The summed E-state index contributed by atoms with van der Waals surface area (Å²) in [5, 5.41) is 10.3. The molecule has 3 nitrogen and oxygen atoms in total. The van der Waals surface area contributed by atoms with Gasteiger partial charge in [-0.15, -0.1) is 0 Å². The van der Waals surface area contributed by atoms with E-state index in [0.717, 1.165) is 19.3 Å². The highest BCUT2D eigenvalue weighted by atomic mass is 16.6. The molecule has 0 radical (unpaired) electrons. The van der Waals surface area contributed by atoms with Crippen LogP contribution in [0.4, 0.5) is 0 Å². The van der Waals surface area contributed by atoms with Crippen LogP contribution in [0.15, 0.2) is 42.0 Å². The Balaban J connectivity index is 1.61. The van der Waals surface area contributed by atoms with Gasteiger partial charge in [0.1, 0.15) is 6.10 Å². The van der Waals surface area contributed by atoms with Crippen molar-refractivity contribution in [2.75, 3.05) is 0 Å². The van der Waals surface area contributed by atoms with Crippen LogP contribution in [0.25, 0.3) is 0 Å². The number of carbonyl (C=O) groups is 1. The second-order valence-electron chi connectivity index (χ2n) is 7.14. The van der Waals surface area contributed by atoms with Crippen molar-refractivity contribution in [3.05, 3.63) is 47.5 Å². The van der Waals surface area contributed by atoms with E-state index in [9.17, 15) is 9.90 Å². The van der Waals surface area contributed by atoms with E-state index in [4.69, 9.17) is 4.74 Å². The third-order valence-electron chi connectivity index (χ3n) is 5.39. The summed E-state index contributed by atoms with van der Waals surface area (Å²) in [4.78, 5) is 11.5. The Labute approximate surface area is 138 Å². The van der Waals surface area contributed by atoms with Gasteiger partial charge in [0.15, 0.2) is 0 Å². The van der Waals surface area contributed by atoms with Gasteiger partial charge in [-0.1, -0.05) is 48.9 Å². The summed E-state index contributed by atoms with van der Waals surface area (Å²) in [6.07, 6.45) is 4.74. The molecule has 5 atom stereocenters. The molecule has 1 aliphatic heterocycles. The Bertz CT molecular complexity index is 578. The Morgan fingerprint density at radius 2 is 2.13 bits per heavy atom. The molecule has 1 N–H and O–H groups in total. The van der Waals surface area contributed by atoms with Crippen LogP contribution in [0.1, 0.15) is 38.7 Å². The maximum Gasteiger partial charge on any atom is 0.306 e. The fraction of sp³-hybridized carbons (Fsp3) is 0.550. The predicted molar refractivity (Wildman–Crippen MR) is 89.8 cm³/mol. The lowest BCUT2D eigenvalue weighted by Crippen LogP contribution is -2.18. The van der Waals surface area contributed by atoms with Gasteiger partial charge in [-0.3, -0.25) is 4.79 Å². The van der Waals surface area contributed by atoms with Crippen LogP contribution in [0.3, 0.4) is 0 Å². The zero-order chi connectivity index (χ0) is 16.4. The van der Waals surface area contributed by atoms with Crippen LogP contribution in [0.2, 0.25) is 0 Å². The molecule has 0 spiro atoms. The van der Waals surface area contributed by atoms with E-state index >= 15 is 0 Å². The second kappa shape index (κ2) is 6.88. The molecule has 5 unspecified atom stereocenters. The highest BCUT2D eigenvalue weighted by Gasteiger charge is 2.48. The summed E-state index contributed by atoms with van der Waals surface area (Å²) in [5.74, 6) is 1.11. The molecule has 0 amide bonds. The molecule has 124 valence electrons. The first-order valence-electron chi connectivity index (χ1n) is 8.64. The van der Waals surface area contributed by atoms with E-state index in [1.54, 1.807) is 0 Å². The maximum atomic E-state index is 11.5. The molecule has 0 aromatic heterocycles. The standard InChI is InChI=1S/C20H26O3/c1-13(10-16(21)9-8-15-6-4-3-5-7-15)20-14(2)11-18-17(20)12-19(22)23-18/h3-7,10,14,16-18,20-21H,8-9,11-12H2,1-2H3. The van der Waals surface area contributed by atoms with E-state index in [1.165, 1.54) is 11.1 Å². The summed E-state index contributed by atoms with van der Waals surface area (Å²) in [6, 6.07) is 10.2. The highest BCUT2D eigenvalue weighted by Crippen LogP contribution is 2.47. The number of aliphatic hydroxyl groups excluding tert-OH is 1. The fourth-order valence-electron chi connectivity index (χ4n) is 4.39. The quantitative estimate of drug-likeness (QED) is 0.668. The van der Waals surface area contributed by atoms with Gasteiger partial charge in [0, 0.05) is 5.92 Å². The van der Waals surface area contributed by atoms with Gasteiger partial charge in [-0.25, -0.2) is 0 Å². The Morgan fingerprint density at radius 1 is 1.39 bits per heavy atom. The molecule has 0 bridgehead atoms. The molecule has 2 aliphatic rings. The molecular weight excluding hydrogens is 288 g/mol. The molecule has 23 heavy (non-hydrogen) atoms. The van der Waals surface area contributed by atoms with Crippen LogP contribution < -0.4 is 0 Å². The number of benzene rings is 1. The number of hydrogen-bond acceptors (Lipinski definition) is 3. The third kappa shape index (κ3) is 3.66. The van der Waals surface area contributed by atoms with Crippen LogP contribution in [-0.2, 0) is 16.0 Å². The molecule has 3 rings (SSSR count). The van der Waals surface area contributed by atoms with E-state index in [-0.39, 0.29) is 12.1 Å². The minimum atomic E-state index is -0.431. The van der Waals surface area contributed by atoms with Crippen molar-refractivity contribution < 1.29 is 14.6 Å². The summed E-state index contributed by atoms with van der Waals surface area (Å²) in [6.45, 7) is 4.32. The zero-order valence-electron chi connectivity index (χ0n) is 13.9. The Kier molecular flexibility index (Phi) is 4.86. The average molecular weight is 314 g/mol. The molecular formula is C20H26O3. The first-order valence-corrected chi connectivity index (χ1v) is 8.64. The fourth-order valence-corrected chi connectivity index (χ4v) is 4.39. The van der Waals surface area contributed by atoms with E-state index in [1.807, 2.05) is 24.3 Å². The number of carbonyl (C=O) groups excluding carboxylic acids is 1. The summed E-state index contributed by atoms with van der Waals surface area (Å²) in [5.41, 5.74) is 2.46. The largest absolute Gasteiger partial charge is 0.462 e. The molecule has 1 heterocycles. The van der Waals surface area contributed by atoms with Crippen molar-refractivity contribution in [2.24, 2.45) is 17.8 Å². The number of esters is 1. The molecule has 1 saturated carbocycles. The second-order valence-corrected chi connectivity index (χ2v) is 7.14. The monoisotopic (exact) mass is 314 g/mol. The minimum absolute atomic E-state index is 0.0608. The van der Waals surface area contributed by atoms with Gasteiger partial charge in [-0.05, 0) is 43.6 Å². The number of hydrogen-bond donors (Lipinski definition) is 1. The van der Waals surface area contributed by atoms with Crippen molar-refractivity contribution in [2.45, 2.75) is 51.7 Å². The van der Waals surface area contributed by atoms with Crippen LogP contribution >= 0.6 is 0 Å². The van der Waals surface area contributed by atoms with Crippen LogP contribution in [0.5, 0.6) is 0 Å². The number of fused-ring (bicyclic) bond motifs is 1. The predicted octanol–water partition coefficient (Wildman–Crippen LogP) is 3.51. The van der Waals surface area contributed by atoms with Crippen molar-refractivity contribution >= 4 is 5.97 Å². The van der Waals surface area contributed by atoms with E-state index < -0.39 is 6.10 Å². The zero-order valence-corrected chi connectivity index (χ0v) is 13.9. The smallest absolute Gasteiger partial charge is 0.306 e. The maximum absolute atomic E-state index is 11.5. The topological polar surface area (TPSA) is 46.5 Å². The molecule has 3 heteroatoms. The van der Waals surface area contributed by atoms with Crippen molar-refractivity contribution in [1.82, 2.24) is 0 Å². The summed E-state index contributed by atoms with van der Waals surface area (Å²) >= 11 is 0. The number of rotatable bonds is 5. The van der Waals surface area contributed by atoms with Crippen LogP contribution in [0, 0.1) is 17.8 Å². The highest BCUT2D eigenvalue weighted by molar-refractivity contribution is 5.72. The van der Waals surface area contributed by atoms with Gasteiger partial charge in [0.25, 0.3) is 0 Å². The third-order valence-corrected chi connectivity index (χ3v) is 5.39. The lowest BCUT2D eigenvalue weighted by molar-refractivity contribution is -0.141. The van der Waals surface area contributed by atoms with Gasteiger partial charge < -0.3 is 9.84 Å². The van der Waals surface area contributed by atoms with Crippen LogP contribution in [-0.4, -0.2) is 23.3 Å². The first kappa shape index (κ1) is 16.3. The van der Waals surface area contributed by atoms with Crippen molar-refractivity contribution in [3.63, 3.8) is 0 Å². The van der Waals surface area contributed by atoms with Crippen molar-refractivity contribution in [3.8, 4) is 0 Å². The summed E-state index contributed by atoms with van der Waals surface area (Å²) in [7, 11) is 0. The average Bonchev–Trinajstić information content (AvgIpc) is 3.00. The van der Waals surface area contributed by atoms with Crippen molar-refractivity contribution in [1.29, 1.82) is 0 Å². The number of allylic oxidation sites excluding steroid dienone is 1. The summed E-state index contributed by atoms with van der Waals surface area (Å²) < 4.78 is 5.42. The first-order chi connectivity index (χ1) is 11.0. The molecule has 2 fully saturated rings. The number of ether oxygens (including phenoxy) is 1. The van der Waals surface area contributed by atoms with Gasteiger partial charge in [0.2, 0.25) is 0 Å². The molecule has 1 aliphatic carbocycles. The Hall–Kier alpha value is -1.61. The lowest BCUT2D eigenvalue weighted by Gasteiger charge is -2.22. The molecule has 1 saturated heterocycles. The molecule has 1 aromatic carbocycles. The van der Waals surface area contributed by atoms with Gasteiger partial charge in [0.05, 0.1) is 12.5 Å². The number of aliphatic hydroxyl groups is 1.